The van der Waals surface area contributed by atoms with E-state index in [1.165, 1.54) is 10.9 Å². The summed E-state index contributed by atoms with van der Waals surface area (Å²) in [5.74, 6) is 0.490. The number of ketones is 1. The van der Waals surface area contributed by atoms with Crippen molar-refractivity contribution in [3.8, 4) is 0 Å². The summed E-state index contributed by atoms with van der Waals surface area (Å²) in [7, 11) is 0. The van der Waals surface area contributed by atoms with Crippen molar-refractivity contribution in [3.63, 3.8) is 0 Å². The maximum atomic E-state index is 11.6. The van der Waals surface area contributed by atoms with E-state index in [2.05, 4.69) is 24.2 Å². The Bertz CT molecular complexity index is 569. The van der Waals surface area contributed by atoms with Gasteiger partial charge in [-0.3, -0.25) is 9.48 Å². The molecule has 102 valence electrons. The van der Waals surface area contributed by atoms with Gasteiger partial charge in [0, 0.05) is 24.3 Å². The Morgan fingerprint density at radius 3 is 2.74 bits per heavy atom. The standard InChI is InChI=1S/C16H22N2O/c1-4-18-15-10-6-5-8-13(15)14(17-18)9-7-11-16(19)12(2)3/h5-6,8,10,12H,4,7,9,11H2,1-3H3. The van der Waals surface area contributed by atoms with Crippen LogP contribution in [0.4, 0.5) is 0 Å². The second-order valence-corrected chi connectivity index (χ2v) is 5.25. The second kappa shape index (κ2) is 6.00. The molecule has 0 fully saturated rings. The molecule has 0 amide bonds. The number of benzene rings is 1. The van der Waals surface area contributed by atoms with Crippen LogP contribution < -0.4 is 0 Å². The van der Waals surface area contributed by atoms with E-state index in [9.17, 15) is 4.79 Å². The minimum absolute atomic E-state index is 0.143. The molecule has 0 aliphatic rings. The first kappa shape index (κ1) is 13.8. The largest absolute Gasteiger partial charge is 0.299 e. The first-order valence-corrected chi connectivity index (χ1v) is 7.10. The number of rotatable bonds is 6. The van der Waals surface area contributed by atoms with Gasteiger partial charge >= 0.3 is 0 Å². The fourth-order valence-corrected chi connectivity index (χ4v) is 2.34. The molecular weight excluding hydrogens is 236 g/mol. The lowest BCUT2D eigenvalue weighted by Crippen LogP contribution is -2.07. The lowest BCUT2D eigenvalue weighted by atomic mass is 10.0. The van der Waals surface area contributed by atoms with Crippen molar-refractivity contribution in [3.05, 3.63) is 30.0 Å². The number of para-hydroxylation sites is 1. The summed E-state index contributed by atoms with van der Waals surface area (Å²) in [6.07, 6.45) is 2.43. The predicted octanol–water partition coefficient (Wildman–Crippen LogP) is 3.60. The van der Waals surface area contributed by atoms with E-state index in [4.69, 9.17) is 0 Å². The maximum Gasteiger partial charge on any atom is 0.135 e. The summed E-state index contributed by atoms with van der Waals surface area (Å²) in [6, 6.07) is 8.32. The molecule has 0 aliphatic carbocycles. The lowest BCUT2D eigenvalue weighted by Gasteiger charge is -2.02. The van der Waals surface area contributed by atoms with Crippen molar-refractivity contribution in [2.45, 2.75) is 46.6 Å². The Hall–Kier alpha value is -1.64. The smallest absolute Gasteiger partial charge is 0.135 e. The van der Waals surface area contributed by atoms with E-state index in [0.29, 0.717) is 12.2 Å². The average Bonchev–Trinajstić information content (AvgIpc) is 2.77. The molecule has 19 heavy (non-hydrogen) atoms. The number of fused-ring (bicyclic) bond motifs is 1. The molecule has 3 heteroatoms. The average molecular weight is 258 g/mol. The Morgan fingerprint density at radius 1 is 1.32 bits per heavy atom. The third-order valence-electron chi connectivity index (χ3n) is 3.51. The molecule has 0 unspecified atom stereocenters. The molecule has 0 saturated carbocycles. The van der Waals surface area contributed by atoms with Gasteiger partial charge in [-0.25, -0.2) is 0 Å². The molecule has 1 aromatic heterocycles. The summed E-state index contributed by atoms with van der Waals surface area (Å²) in [5, 5.41) is 5.88. The third-order valence-corrected chi connectivity index (χ3v) is 3.51. The van der Waals surface area contributed by atoms with Crippen LogP contribution in [0.1, 0.15) is 39.3 Å². The van der Waals surface area contributed by atoms with Gasteiger partial charge in [0.2, 0.25) is 0 Å². The van der Waals surface area contributed by atoms with Crippen LogP contribution in [0.2, 0.25) is 0 Å². The van der Waals surface area contributed by atoms with Crippen molar-refractivity contribution in [2.75, 3.05) is 0 Å². The van der Waals surface area contributed by atoms with E-state index >= 15 is 0 Å². The monoisotopic (exact) mass is 258 g/mol. The summed E-state index contributed by atoms with van der Waals surface area (Å²) < 4.78 is 2.04. The molecule has 0 atom stereocenters. The predicted molar refractivity (Wildman–Crippen MR) is 78.2 cm³/mol. The van der Waals surface area contributed by atoms with E-state index in [1.54, 1.807) is 0 Å². The van der Waals surface area contributed by atoms with Gasteiger partial charge in [0.15, 0.2) is 0 Å². The van der Waals surface area contributed by atoms with Crippen molar-refractivity contribution >= 4 is 16.7 Å². The quantitative estimate of drug-likeness (QED) is 0.793. The van der Waals surface area contributed by atoms with Gasteiger partial charge < -0.3 is 0 Å². The zero-order valence-electron chi connectivity index (χ0n) is 12.0. The van der Waals surface area contributed by atoms with Crippen molar-refractivity contribution in [1.29, 1.82) is 0 Å². The Labute approximate surface area is 114 Å². The van der Waals surface area contributed by atoms with E-state index in [-0.39, 0.29) is 5.92 Å². The number of aryl methyl sites for hydroxylation is 2. The molecule has 0 radical (unpaired) electrons. The summed E-state index contributed by atoms with van der Waals surface area (Å²) >= 11 is 0. The van der Waals surface area contributed by atoms with E-state index in [1.807, 2.05) is 30.7 Å². The molecule has 0 spiro atoms. The summed E-state index contributed by atoms with van der Waals surface area (Å²) in [5.41, 5.74) is 2.31. The van der Waals surface area contributed by atoms with Crippen LogP contribution in [0.25, 0.3) is 10.9 Å². The minimum Gasteiger partial charge on any atom is -0.299 e. The third kappa shape index (κ3) is 3.03. The summed E-state index contributed by atoms with van der Waals surface area (Å²) in [4.78, 5) is 11.6. The Morgan fingerprint density at radius 2 is 2.05 bits per heavy atom. The number of Topliss-reactive ketones (excluding diaryl/α,β-unsaturated/α-hetero) is 1. The second-order valence-electron chi connectivity index (χ2n) is 5.25. The van der Waals surface area contributed by atoms with E-state index < -0.39 is 0 Å². The zero-order chi connectivity index (χ0) is 13.8. The highest BCUT2D eigenvalue weighted by Gasteiger charge is 2.11. The first-order chi connectivity index (χ1) is 9.13. The number of nitrogens with zero attached hydrogens (tertiary/aromatic N) is 2. The van der Waals surface area contributed by atoms with Gasteiger partial charge in [0.05, 0.1) is 11.2 Å². The molecule has 0 N–H and O–H groups in total. The Balaban J connectivity index is 2.11. The molecule has 0 saturated heterocycles. The number of hydrogen-bond donors (Lipinski definition) is 0. The van der Waals surface area contributed by atoms with Gasteiger partial charge in [-0.2, -0.15) is 5.10 Å². The van der Waals surface area contributed by atoms with Crippen molar-refractivity contribution in [2.24, 2.45) is 5.92 Å². The fourth-order valence-electron chi connectivity index (χ4n) is 2.34. The molecule has 2 rings (SSSR count). The number of carbonyl (C=O) groups excluding carboxylic acids is 1. The number of aromatic nitrogens is 2. The molecule has 3 nitrogen and oxygen atoms in total. The SMILES string of the molecule is CCn1nc(CCCC(=O)C(C)C)c2ccccc21. The van der Waals surface area contributed by atoms with Gasteiger partial charge in [0.1, 0.15) is 5.78 Å². The molecule has 0 aliphatic heterocycles. The van der Waals surface area contributed by atoms with Crippen LogP contribution in [-0.4, -0.2) is 15.6 Å². The van der Waals surface area contributed by atoms with Gasteiger partial charge in [-0.15, -0.1) is 0 Å². The van der Waals surface area contributed by atoms with Gasteiger partial charge in [0.25, 0.3) is 0 Å². The van der Waals surface area contributed by atoms with Crippen LogP contribution in [-0.2, 0) is 17.8 Å². The fraction of sp³-hybridized carbons (Fsp3) is 0.500. The van der Waals surface area contributed by atoms with Crippen LogP contribution >= 0.6 is 0 Å². The first-order valence-electron chi connectivity index (χ1n) is 7.10. The highest BCUT2D eigenvalue weighted by molar-refractivity contribution is 5.82. The number of hydrogen-bond acceptors (Lipinski definition) is 2. The van der Waals surface area contributed by atoms with Crippen molar-refractivity contribution in [1.82, 2.24) is 9.78 Å². The molecule has 1 heterocycles. The number of carbonyl (C=O) groups is 1. The normalized spacial score (nSPS) is 11.4. The topological polar surface area (TPSA) is 34.9 Å². The van der Waals surface area contributed by atoms with Crippen LogP contribution in [0.15, 0.2) is 24.3 Å². The molecule has 0 bridgehead atoms. The summed E-state index contributed by atoms with van der Waals surface area (Å²) in [6.45, 7) is 6.91. The zero-order valence-corrected chi connectivity index (χ0v) is 12.0. The minimum atomic E-state index is 0.143. The van der Waals surface area contributed by atoms with Crippen LogP contribution in [0.3, 0.4) is 0 Å². The van der Waals surface area contributed by atoms with Crippen LogP contribution in [0.5, 0.6) is 0 Å². The molecule has 2 aromatic rings. The van der Waals surface area contributed by atoms with Crippen LogP contribution in [0, 0.1) is 5.92 Å². The maximum absolute atomic E-state index is 11.6. The highest BCUT2D eigenvalue weighted by Crippen LogP contribution is 2.20. The van der Waals surface area contributed by atoms with Crippen molar-refractivity contribution < 1.29 is 4.79 Å². The van der Waals surface area contributed by atoms with Gasteiger partial charge in [-0.05, 0) is 25.8 Å². The molecular formula is C16H22N2O. The van der Waals surface area contributed by atoms with E-state index in [0.717, 1.165) is 25.1 Å². The van der Waals surface area contributed by atoms with Gasteiger partial charge in [-0.1, -0.05) is 32.0 Å². The Kier molecular flexibility index (Phi) is 4.35. The lowest BCUT2D eigenvalue weighted by molar-refractivity contribution is -0.121. The molecule has 1 aromatic carbocycles. The highest BCUT2D eigenvalue weighted by atomic mass is 16.1.